The zero-order chi connectivity index (χ0) is 21.9. The molecular weight excluding hydrogens is 406 g/mol. The lowest BCUT2D eigenvalue weighted by atomic mass is 9.84. The standard InChI is InChI=1S/C22H28ClN3O4/c1-22(2,3)19(30-21(29)25-12-9-24-10-13-25)17-8-11-26(20(28)18(17)27)14-15-4-6-16(23)7-5-15/h4-8,11,19,24,27H,9-10,12-14H2,1-3H3. The number of nitrogens with zero attached hydrogens (tertiary/aromatic N) is 2. The van der Waals surface area contributed by atoms with Crippen molar-refractivity contribution >= 4 is 17.7 Å². The Morgan fingerprint density at radius 1 is 1.20 bits per heavy atom. The number of amides is 1. The molecule has 2 aromatic rings. The lowest BCUT2D eigenvalue weighted by Crippen LogP contribution is -2.47. The number of aromatic nitrogens is 1. The molecule has 2 N–H and O–H groups in total. The Hall–Kier alpha value is -2.51. The van der Waals surface area contributed by atoms with Gasteiger partial charge in [-0.2, -0.15) is 0 Å². The predicted molar refractivity (Wildman–Crippen MR) is 116 cm³/mol. The van der Waals surface area contributed by atoms with Crippen LogP contribution in [0.2, 0.25) is 5.02 Å². The molecule has 0 spiro atoms. The molecule has 1 amide bonds. The maximum atomic E-state index is 12.8. The molecule has 30 heavy (non-hydrogen) atoms. The number of halogens is 1. The van der Waals surface area contributed by atoms with Gasteiger partial charge >= 0.3 is 6.09 Å². The second kappa shape index (κ2) is 9.10. The van der Waals surface area contributed by atoms with Gasteiger partial charge < -0.3 is 24.6 Å². The van der Waals surface area contributed by atoms with Crippen molar-refractivity contribution in [2.24, 2.45) is 5.41 Å². The van der Waals surface area contributed by atoms with Crippen molar-refractivity contribution in [3.05, 3.63) is 63.0 Å². The van der Waals surface area contributed by atoms with Gasteiger partial charge in [0.15, 0.2) is 5.75 Å². The summed E-state index contributed by atoms with van der Waals surface area (Å²) >= 11 is 5.91. The Morgan fingerprint density at radius 2 is 1.83 bits per heavy atom. The fraction of sp³-hybridized carbons (Fsp3) is 0.455. The Balaban J connectivity index is 1.86. The van der Waals surface area contributed by atoms with Crippen LogP contribution in [0, 0.1) is 5.41 Å². The third-order valence-corrected chi connectivity index (χ3v) is 5.35. The van der Waals surface area contributed by atoms with Crippen LogP contribution in [0.15, 0.2) is 41.3 Å². The summed E-state index contributed by atoms with van der Waals surface area (Å²) in [6.07, 6.45) is 0.405. The van der Waals surface area contributed by atoms with Gasteiger partial charge in [-0.25, -0.2) is 4.79 Å². The smallest absolute Gasteiger partial charge is 0.410 e. The highest BCUT2D eigenvalue weighted by atomic mass is 35.5. The molecule has 162 valence electrons. The normalized spacial score (nSPS) is 15.7. The molecule has 0 saturated carbocycles. The van der Waals surface area contributed by atoms with Crippen LogP contribution in [0.5, 0.6) is 5.75 Å². The molecule has 1 unspecified atom stereocenters. The van der Waals surface area contributed by atoms with Gasteiger partial charge in [0.25, 0.3) is 5.56 Å². The minimum atomic E-state index is -0.766. The molecule has 1 aliphatic rings. The van der Waals surface area contributed by atoms with Gasteiger partial charge in [-0.1, -0.05) is 44.5 Å². The van der Waals surface area contributed by atoms with E-state index in [9.17, 15) is 14.7 Å². The van der Waals surface area contributed by atoms with Gasteiger partial charge in [-0.05, 0) is 23.8 Å². The van der Waals surface area contributed by atoms with Crippen molar-refractivity contribution in [1.82, 2.24) is 14.8 Å². The van der Waals surface area contributed by atoms with Crippen molar-refractivity contribution in [2.75, 3.05) is 26.2 Å². The first-order valence-corrected chi connectivity index (χ1v) is 10.4. The molecule has 0 bridgehead atoms. The van der Waals surface area contributed by atoms with Crippen molar-refractivity contribution in [1.29, 1.82) is 0 Å². The number of nitrogens with one attached hydrogen (secondary N) is 1. The molecule has 8 heteroatoms. The molecular formula is C22H28ClN3O4. The Labute approximate surface area is 181 Å². The van der Waals surface area contributed by atoms with E-state index >= 15 is 0 Å². The molecule has 1 fully saturated rings. The zero-order valence-corrected chi connectivity index (χ0v) is 18.3. The molecule has 1 saturated heterocycles. The van der Waals surface area contributed by atoms with E-state index in [-0.39, 0.29) is 0 Å². The highest BCUT2D eigenvalue weighted by molar-refractivity contribution is 6.30. The number of hydrogen-bond donors (Lipinski definition) is 2. The minimum absolute atomic E-state index is 0.296. The number of piperazine rings is 1. The summed E-state index contributed by atoms with van der Waals surface area (Å²) in [6.45, 7) is 8.55. The molecule has 0 aliphatic carbocycles. The lowest BCUT2D eigenvalue weighted by molar-refractivity contribution is 0.00552. The second-order valence-electron chi connectivity index (χ2n) is 8.55. The van der Waals surface area contributed by atoms with Crippen molar-refractivity contribution in [2.45, 2.75) is 33.4 Å². The number of aromatic hydroxyl groups is 1. The summed E-state index contributed by atoms with van der Waals surface area (Å²) in [5.74, 6) is -0.403. The molecule has 7 nitrogen and oxygen atoms in total. The fourth-order valence-corrected chi connectivity index (χ4v) is 3.55. The van der Waals surface area contributed by atoms with E-state index in [2.05, 4.69) is 5.32 Å². The maximum Gasteiger partial charge on any atom is 0.410 e. The Bertz CT molecular complexity index is 944. The Kier molecular flexibility index (Phi) is 6.73. The first-order chi connectivity index (χ1) is 14.2. The number of ether oxygens (including phenoxy) is 1. The van der Waals surface area contributed by atoms with E-state index in [1.54, 1.807) is 29.3 Å². The third-order valence-electron chi connectivity index (χ3n) is 5.10. The molecule has 1 aliphatic heterocycles. The van der Waals surface area contributed by atoms with Crippen LogP contribution in [-0.2, 0) is 11.3 Å². The number of pyridine rings is 1. The van der Waals surface area contributed by atoms with E-state index in [0.717, 1.165) is 5.56 Å². The third kappa shape index (κ3) is 5.15. The number of carbonyl (C=O) groups excluding carboxylic acids is 1. The van der Waals surface area contributed by atoms with E-state index in [0.29, 0.717) is 43.3 Å². The van der Waals surface area contributed by atoms with Crippen LogP contribution in [0.25, 0.3) is 0 Å². The number of hydrogen-bond acceptors (Lipinski definition) is 5. The molecule has 1 aromatic heterocycles. The summed E-state index contributed by atoms with van der Waals surface area (Å²) in [6, 6.07) is 8.80. The molecule has 2 heterocycles. The summed E-state index contributed by atoms with van der Waals surface area (Å²) in [5.41, 5.74) is 0.139. The van der Waals surface area contributed by atoms with Gasteiger partial charge in [-0.3, -0.25) is 4.79 Å². The summed E-state index contributed by atoms with van der Waals surface area (Å²) in [5, 5.41) is 14.5. The average molecular weight is 434 g/mol. The highest BCUT2D eigenvalue weighted by Gasteiger charge is 2.34. The van der Waals surface area contributed by atoms with E-state index in [4.69, 9.17) is 16.3 Å². The molecule has 1 atom stereocenters. The number of benzene rings is 1. The minimum Gasteiger partial charge on any atom is -0.503 e. The quantitative estimate of drug-likeness (QED) is 0.772. The molecule has 1 aromatic carbocycles. The molecule has 3 rings (SSSR count). The monoisotopic (exact) mass is 433 g/mol. The van der Waals surface area contributed by atoms with Crippen LogP contribution in [0.3, 0.4) is 0 Å². The van der Waals surface area contributed by atoms with Crippen LogP contribution in [-0.4, -0.2) is 46.8 Å². The van der Waals surface area contributed by atoms with Gasteiger partial charge in [0.05, 0.1) is 6.54 Å². The van der Waals surface area contributed by atoms with Crippen LogP contribution in [0.1, 0.15) is 38.0 Å². The van der Waals surface area contributed by atoms with Gasteiger partial charge in [-0.15, -0.1) is 0 Å². The summed E-state index contributed by atoms with van der Waals surface area (Å²) in [4.78, 5) is 27.1. The number of rotatable bonds is 4. The van der Waals surface area contributed by atoms with E-state index in [1.807, 2.05) is 32.9 Å². The predicted octanol–water partition coefficient (Wildman–Crippen LogP) is 3.38. The van der Waals surface area contributed by atoms with Gasteiger partial charge in [0, 0.05) is 48.4 Å². The van der Waals surface area contributed by atoms with Crippen molar-refractivity contribution in [3.63, 3.8) is 0 Å². The van der Waals surface area contributed by atoms with Gasteiger partial charge in [0.2, 0.25) is 0 Å². The van der Waals surface area contributed by atoms with Crippen molar-refractivity contribution < 1.29 is 14.6 Å². The van der Waals surface area contributed by atoms with Crippen LogP contribution < -0.4 is 10.9 Å². The molecule has 0 radical (unpaired) electrons. The fourth-order valence-electron chi connectivity index (χ4n) is 3.43. The SMILES string of the molecule is CC(C)(C)C(OC(=O)N1CCNCC1)c1ccn(Cc2ccc(Cl)cc2)c(=O)c1O. The van der Waals surface area contributed by atoms with Crippen molar-refractivity contribution in [3.8, 4) is 5.75 Å². The lowest BCUT2D eigenvalue weighted by Gasteiger charge is -2.34. The summed E-state index contributed by atoms with van der Waals surface area (Å²) in [7, 11) is 0. The second-order valence-corrected chi connectivity index (χ2v) is 8.98. The topological polar surface area (TPSA) is 83.8 Å². The van der Waals surface area contributed by atoms with Crippen LogP contribution in [0.4, 0.5) is 4.79 Å². The average Bonchev–Trinajstić information content (AvgIpc) is 2.71. The largest absolute Gasteiger partial charge is 0.503 e. The van der Waals surface area contributed by atoms with Gasteiger partial charge in [0.1, 0.15) is 6.10 Å². The van der Waals surface area contributed by atoms with E-state index < -0.39 is 28.9 Å². The summed E-state index contributed by atoms with van der Waals surface area (Å²) < 4.78 is 7.20. The first kappa shape index (κ1) is 22.2. The number of carbonyl (C=O) groups is 1. The zero-order valence-electron chi connectivity index (χ0n) is 17.5. The van der Waals surface area contributed by atoms with E-state index in [1.165, 1.54) is 4.57 Å². The first-order valence-electron chi connectivity index (χ1n) is 10.00. The van der Waals surface area contributed by atoms with Crippen LogP contribution >= 0.6 is 11.6 Å². The maximum absolute atomic E-state index is 12.8. The highest BCUT2D eigenvalue weighted by Crippen LogP contribution is 2.39. The Morgan fingerprint density at radius 3 is 2.43 bits per heavy atom.